The maximum absolute atomic E-state index is 12.7. The van der Waals surface area contributed by atoms with Crippen molar-refractivity contribution in [2.45, 2.75) is 19.3 Å². The number of halogens is 1. The van der Waals surface area contributed by atoms with Crippen LogP contribution in [0, 0.1) is 5.41 Å². The van der Waals surface area contributed by atoms with Crippen molar-refractivity contribution in [3.8, 4) is 17.3 Å². The minimum Gasteiger partial charge on any atom is -0.497 e. The number of aromatic amines is 1. The van der Waals surface area contributed by atoms with Gasteiger partial charge in [0.1, 0.15) is 36.4 Å². The molecule has 0 radical (unpaired) electrons. The lowest BCUT2D eigenvalue weighted by Crippen LogP contribution is -2.17. The maximum atomic E-state index is 12.7. The zero-order valence-electron chi connectivity index (χ0n) is 21.3. The zero-order chi connectivity index (χ0) is 28.4. The van der Waals surface area contributed by atoms with Crippen LogP contribution >= 0.6 is 0 Å². The molecule has 39 heavy (non-hydrogen) atoms. The molecule has 0 saturated heterocycles. The maximum Gasteiger partial charge on any atom is 0.349 e. The number of carboxylic acids is 1. The normalized spacial score (nSPS) is 11.2. The van der Waals surface area contributed by atoms with Crippen LogP contribution in [-0.2, 0) is 11.2 Å². The van der Waals surface area contributed by atoms with Gasteiger partial charge in [-0.15, -0.1) is 10.2 Å². The Kier molecular flexibility index (Phi) is 9.84. The monoisotopic (exact) mass is 537 g/mol. The van der Waals surface area contributed by atoms with Crippen LogP contribution < -0.4 is 20.9 Å². The molecular weight excluding hydrogens is 509 g/mol. The number of amidine groups is 1. The minimum atomic E-state index is -0.833. The number of aliphatic carboxylic acids is 1. The summed E-state index contributed by atoms with van der Waals surface area (Å²) in [5.74, 6) is 0.339. The van der Waals surface area contributed by atoms with Gasteiger partial charge in [0.05, 0.1) is 7.11 Å². The van der Waals surface area contributed by atoms with Gasteiger partial charge in [-0.1, -0.05) is 24.3 Å². The van der Waals surface area contributed by atoms with Gasteiger partial charge in [-0.05, 0) is 41.8 Å². The second kappa shape index (κ2) is 13.5. The van der Waals surface area contributed by atoms with Crippen LogP contribution in [0.5, 0.6) is 11.5 Å². The molecule has 2 heterocycles. The van der Waals surface area contributed by atoms with Crippen LogP contribution in [0.1, 0.15) is 35.4 Å². The summed E-state index contributed by atoms with van der Waals surface area (Å²) in [6.07, 6.45) is 1.95. The number of hydrogen-bond donors (Lipinski definition) is 4. The largest absolute Gasteiger partial charge is 0.497 e. The van der Waals surface area contributed by atoms with E-state index in [-0.39, 0.29) is 18.3 Å². The molecule has 1 unspecified atom stereocenters. The summed E-state index contributed by atoms with van der Waals surface area (Å²) >= 11 is 0. The summed E-state index contributed by atoms with van der Waals surface area (Å²) in [4.78, 5) is 24.6. The van der Waals surface area contributed by atoms with Crippen LogP contribution in [0.3, 0.4) is 0 Å². The fraction of sp³-hybridized carbons (Fsp3) is 0.231. The van der Waals surface area contributed by atoms with E-state index in [4.69, 9.17) is 30.5 Å². The molecule has 0 fully saturated rings. The number of nitrogen functional groups attached to an aromatic ring is 1. The van der Waals surface area contributed by atoms with Crippen molar-refractivity contribution in [2.24, 2.45) is 5.73 Å². The molecule has 0 amide bonds. The average Bonchev–Trinajstić information content (AvgIpc) is 3.31. The van der Waals surface area contributed by atoms with E-state index >= 15 is 0 Å². The van der Waals surface area contributed by atoms with E-state index in [0.29, 0.717) is 29.3 Å². The number of nitrogens with two attached hydrogens (primary N) is 1. The topological polar surface area (TPSA) is 182 Å². The van der Waals surface area contributed by atoms with E-state index in [1.54, 1.807) is 36.4 Å². The fourth-order valence-electron chi connectivity index (χ4n) is 3.64. The average molecular weight is 538 g/mol. The lowest BCUT2D eigenvalue weighted by atomic mass is 9.90. The van der Waals surface area contributed by atoms with Crippen LogP contribution in [0.2, 0.25) is 0 Å². The number of alkyl halides is 1. The van der Waals surface area contributed by atoms with Crippen molar-refractivity contribution in [3.05, 3.63) is 93.8 Å². The molecule has 13 heteroatoms. The number of carboxylic acid groups (broad SMARTS) is 1. The second-order valence-corrected chi connectivity index (χ2v) is 8.17. The van der Waals surface area contributed by atoms with E-state index in [1.807, 2.05) is 18.2 Å². The van der Waals surface area contributed by atoms with E-state index < -0.39 is 24.3 Å². The number of ether oxygens (including phenoxy) is 2. The summed E-state index contributed by atoms with van der Waals surface area (Å²) < 4.78 is 24.8. The number of methoxy groups -OCH3 is 1. The summed E-state index contributed by atoms with van der Waals surface area (Å²) in [7, 11) is 1.53. The van der Waals surface area contributed by atoms with E-state index in [0.717, 1.165) is 22.7 Å². The first kappa shape index (κ1) is 28.5. The molecule has 0 spiro atoms. The lowest BCUT2D eigenvalue weighted by molar-refractivity contribution is -0.134. The first-order chi connectivity index (χ1) is 18.7. The van der Waals surface area contributed by atoms with Gasteiger partial charge in [0.15, 0.2) is 5.82 Å². The van der Waals surface area contributed by atoms with E-state index in [1.165, 1.54) is 13.3 Å². The summed E-state index contributed by atoms with van der Waals surface area (Å²) in [6, 6.07) is 15.8. The Morgan fingerprint density at radius 1 is 1.21 bits per heavy atom. The predicted molar refractivity (Wildman–Crippen MR) is 141 cm³/mol. The number of benzene rings is 2. The highest BCUT2D eigenvalue weighted by molar-refractivity contribution is 5.94. The summed E-state index contributed by atoms with van der Waals surface area (Å²) in [6.45, 7) is 0.357. The van der Waals surface area contributed by atoms with E-state index in [9.17, 15) is 9.18 Å². The van der Waals surface area contributed by atoms with Gasteiger partial charge in [-0.2, -0.15) is 9.78 Å². The molecule has 2 aromatic heterocycles. The fourth-order valence-corrected chi connectivity index (χ4v) is 3.64. The summed E-state index contributed by atoms with van der Waals surface area (Å²) in [5.41, 5.74) is 7.38. The van der Waals surface area contributed by atoms with Crippen LogP contribution in [0.4, 0.5) is 4.39 Å². The van der Waals surface area contributed by atoms with Crippen molar-refractivity contribution in [3.63, 3.8) is 0 Å². The van der Waals surface area contributed by atoms with Gasteiger partial charge in [0.2, 0.25) is 0 Å². The number of nitrogens with one attached hydrogen (secondary N) is 2. The highest BCUT2D eigenvalue weighted by Crippen LogP contribution is 2.32. The molecule has 0 saturated carbocycles. The van der Waals surface area contributed by atoms with E-state index in [2.05, 4.69) is 20.3 Å². The molecule has 0 aliphatic heterocycles. The number of aromatic nitrogens is 5. The quantitative estimate of drug-likeness (QED) is 0.174. The number of nitrogens with zero attached hydrogens (tertiary/aromatic N) is 4. The molecule has 4 rings (SSSR count). The molecular formula is C26H28FN7O5. The van der Waals surface area contributed by atoms with Crippen molar-refractivity contribution in [1.82, 2.24) is 25.0 Å². The van der Waals surface area contributed by atoms with Crippen molar-refractivity contribution in [1.29, 1.82) is 5.41 Å². The first-order valence-electron chi connectivity index (χ1n) is 11.7. The third-order valence-electron chi connectivity index (χ3n) is 5.33. The Morgan fingerprint density at radius 3 is 2.49 bits per heavy atom. The molecule has 0 bridgehead atoms. The van der Waals surface area contributed by atoms with Gasteiger partial charge in [0.25, 0.3) is 5.97 Å². The Bertz CT molecular complexity index is 1450. The lowest BCUT2D eigenvalue weighted by Gasteiger charge is -2.18. The van der Waals surface area contributed by atoms with Gasteiger partial charge in [0, 0.05) is 30.7 Å². The molecule has 5 N–H and O–H groups in total. The molecule has 4 aromatic rings. The van der Waals surface area contributed by atoms with Gasteiger partial charge in [-0.25, -0.2) is 9.18 Å². The second-order valence-electron chi connectivity index (χ2n) is 8.17. The SMILES string of the molecule is CC(=O)O.COc1cc(OCCF)cc(C(Cc2ccc(C(=N)N)cc2)c2nn(-c3cccnn3)c(=O)[nH]2)c1. The first-order valence-corrected chi connectivity index (χ1v) is 11.7. The zero-order valence-corrected chi connectivity index (χ0v) is 21.3. The predicted octanol–water partition coefficient (Wildman–Crippen LogP) is 2.46. The molecule has 12 nitrogen and oxygen atoms in total. The Hall–Kier alpha value is -5.07. The van der Waals surface area contributed by atoms with Crippen LogP contribution in [0.15, 0.2) is 65.6 Å². The smallest absolute Gasteiger partial charge is 0.349 e. The standard InChI is InChI=1S/C24H24FN7O3.C2H4O2/c1-34-18-12-17(13-19(14-18)35-10-8-25)20(11-15-4-6-16(7-5-15)22(26)27)23-29-24(33)32(31-23)21-3-2-9-28-30-21;1-2(3)4/h2-7,9,12-14,20H,8,10-11H2,1H3,(H3,26,27)(H,29,31,33);1H3,(H,3,4). The van der Waals surface area contributed by atoms with Crippen LogP contribution in [-0.4, -0.2) is 62.3 Å². The van der Waals surface area contributed by atoms with Crippen molar-refractivity contribution in [2.75, 3.05) is 20.4 Å². The Balaban J connectivity index is 0.000000983. The molecule has 204 valence electrons. The third kappa shape index (κ3) is 7.95. The molecule has 0 aliphatic rings. The Morgan fingerprint density at radius 2 is 1.90 bits per heavy atom. The van der Waals surface area contributed by atoms with Crippen LogP contribution in [0.25, 0.3) is 5.82 Å². The van der Waals surface area contributed by atoms with Crippen molar-refractivity contribution < 1.29 is 23.8 Å². The van der Waals surface area contributed by atoms with Gasteiger partial charge < -0.3 is 20.3 Å². The molecule has 1 atom stereocenters. The Labute approximate surface area is 222 Å². The summed E-state index contributed by atoms with van der Waals surface area (Å²) in [5, 5.41) is 27.3. The number of H-pyrrole nitrogens is 1. The number of carbonyl (C=O) groups is 1. The highest BCUT2D eigenvalue weighted by atomic mass is 19.1. The molecule has 2 aromatic carbocycles. The number of rotatable bonds is 10. The van der Waals surface area contributed by atoms with Crippen molar-refractivity contribution >= 4 is 11.8 Å². The minimum absolute atomic E-state index is 0.0254. The third-order valence-corrected chi connectivity index (χ3v) is 5.33. The molecule has 0 aliphatic carbocycles. The van der Waals surface area contributed by atoms with Gasteiger partial charge in [-0.3, -0.25) is 15.2 Å². The number of hydrogen-bond acceptors (Lipinski definition) is 8. The van der Waals surface area contributed by atoms with Gasteiger partial charge >= 0.3 is 5.69 Å². The highest BCUT2D eigenvalue weighted by Gasteiger charge is 2.23.